The Kier molecular flexibility index (Phi) is 2.99. The summed E-state index contributed by atoms with van der Waals surface area (Å²) in [6.07, 6.45) is 5.90. The topological polar surface area (TPSA) is 38.7 Å². The fourth-order valence-corrected chi connectivity index (χ4v) is 2.58. The van der Waals surface area contributed by atoms with E-state index in [0.29, 0.717) is 11.1 Å². The molecule has 86 valence electrons. The zero-order valence-electron chi connectivity index (χ0n) is 9.01. The van der Waals surface area contributed by atoms with Crippen LogP contribution in [0.3, 0.4) is 0 Å². The van der Waals surface area contributed by atoms with E-state index in [9.17, 15) is 0 Å². The SMILES string of the molecule is Clc1cc(Sc2ccncc2)nc(C2CC2)n1. The number of halogens is 1. The van der Waals surface area contributed by atoms with Gasteiger partial charge in [0.15, 0.2) is 0 Å². The van der Waals surface area contributed by atoms with Gasteiger partial charge in [-0.15, -0.1) is 0 Å². The molecule has 0 bridgehead atoms. The molecule has 2 aromatic heterocycles. The van der Waals surface area contributed by atoms with Crippen molar-refractivity contribution in [3.8, 4) is 0 Å². The van der Waals surface area contributed by atoms with E-state index in [2.05, 4.69) is 15.0 Å². The number of pyridine rings is 1. The van der Waals surface area contributed by atoms with E-state index in [1.807, 2.05) is 12.1 Å². The fraction of sp³-hybridized carbons (Fsp3) is 0.250. The summed E-state index contributed by atoms with van der Waals surface area (Å²) in [5, 5.41) is 1.43. The Morgan fingerprint density at radius 3 is 2.65 bits per heavy atom. The molecular weight excluding hydrogens is 254 g/mol. The molecule has 2 heterocycles. The van der Waals surface area contributed by atoms with E-state index in [1.54, 1.807) is 30.2 Å². The molecule has 3 nitrogen and oxygen atoms in total. The smallest absolute Gasteiger partial charge is 0.134 e. The maximum Gasteiger partial charge on any atom is 0.134 e. The Morgan fingerprint density at radius 2 is 1.94 bits per heavy atom. The Morgan fingerprint density at radius 1 is 1.18 bits per heavy atom. The van der Waals surface area contributed by atoms with Gasteiger partial charge in [-0.1, -0.05) is 23.4 Å². The lowest BCUT2D eigenvalue weighted by Crippen LogP contribution is -1.94. The second kappa shape index (κ2) is 4.63. The molecule has 5 heteroatoms. The van der Waals surface area contributed by atoms with Gasteiger partial charge in [-0.2, -0.15) is 0 Å². The van der Waals surface area contributed by atoms with Gasteiger partial charge in [-0.3, -0.25) is 4.98 Å². The van der Waals surface area contributed by atoms with Crippen LogP contribution in [-0.4, -0.2) is 15.0 Å². The molecule has 0 unspecified atom stereocenters. The van der Waals surface area contributed by atoms with Crippen molar-refractivity contribution in [1.29, 1.82) is 0 Å². The summed E-state index contributed by atoms with van der Waals surface area (Å²) in [6.45, 7) is 0. The highest BCUT2D eigenvalue weighted by Gasteiger charge is 2.27. The molecule has 0 spiro atoms. The van der Waals surface area contributed by atoms with E-state index < -0.39 is 0 Å². The Balaban J connectivity index is 1.87. The van der Waals surface area contributed by atoms with Crippen LogP contribution in [0.25, 0.3) is 0 Å². The van der Waals surface area contributed by atoms with Gasteiger partial charge in [-0.25, -0.2) is 9.97 Å². The van der Waals surface area contributed by atoms with Gasteiger partial charge >= 0.3 is 0 Å². The minimum atomic E-state index is 0.519. The van der Waals surface area contributed by atoms with Crippen LogP contribution >= 0.6 is 23.4 Å². The molecule has 1 fully saturated rings. The second-order valence-corrected chi connectivity index (χ2v) is 5.43. The van der Waals surface area contributed by atoms with Crippen LogP contribution in [0.1, 0.15) is 24.6 Å². The van der Waals surface area contributed by atoms with Gasteiger partial charge in [0, 0.05) is 29.3 Å². The third-order valence-corrected chi connectivity index (χ3v) is 3.62. The average molecular weight is 264 g/mol. The standard InChI is InChI=1S/C12H10ClN3S/c13-10-7-11(16-12(15-10)8-1-2-8)17-9-3-5-14-6-4-9/h3-8H,1-2H2. The number of aromatic nitrogens is 3. The lowest BCUT2D eigenvalue weighted by Gasteiger charge is -2.03. The van der Waals surface area contributed by atoms with Crippen LogP contribution in [0.2, 0.25) is 5.15 Å². The van der Waals surface area contributed by atoms with Crippen LogP contribution in [0.4, 0.5) is 0 Å². The normalized spacial score (nSPS) is 14.9. The predicted molar refractivity (Wildman–Crippen MR) is 67.4 cm³/mol. The number of hydrogen-bond donors (Lipinski definition) is 0. The van der Waals surface area contributed by atoms with Crippen LogP contribution in [0, 0.1) is 0 Å². The summed E-state index contributed by atoms with van der Waals surface area (Å²) < 4.78 is 0. The second-order valence-electron chi connectivity index (χ2n) is 3.95. The summed E-state index contributed by atoms with van der Waals surface area (Å²) in [5.74, 6) is 1.40. The maximum atomic E-state index is 6.01. The number of nitrogens with zero attached hydrogens (tertiary/aromatic N) is 3. The van der Waals surface area contributed by atoms with E-state index in [4.69, 9.17) is 11.6 Å². The van der Waals surface area contributed by atoms with E-state index in [-0.39, 0.29) is 0 Å². The molecule has 2 aromatic rings. The first-order valence-corrected chi connectivity index (χ1v) is 6.63. The van der Waals surface area contributed by atoms with Crippen LogP contribution in [-0.2, 0) is 0 Å². The van der Waals surface area contributed by atoms with Crippen LogP contribution in [0.5, 0.6) is 0 Å². The van der Waals surface area contributed by atoms with E-state index in [0.717, 1.165) is 15.7 Å². The summed E-state index contributed by atoms with van der Waals surface area (Å²) in [7, 11) is 0. The average Bonchev–Trinajstić information content (AvgIpc) is 3.13. The first-order valence-electron chi connectivity index (χ1n) is 5.43. The van der Waals surface area contributed by atoms with Crippen molar-refractivity contribution in [3.05, 3.63) is 41.6 Å². The molecule has 1 saturated carbocycles. The van der Waals surface area contributed by atoms with Gasteiger partial charge in [0.25, 0.3) is 0 Å². The molecule has 0 aromatic carbocycles. The Labute approximate surface area is 109 Å². The van der Waals surface area contributed by atoms with Gasteiger partial charge in [0.1, 0.15) is 16.0 Å². The first-order chi connectivity index (χ1) is 8.31. The highest BCUT2D eigenvalue weighted by Crippen LogP contribution is 2.39. The Bertz CT molecular complexity index is 529. The van der Waals surface area contributed by atoms with Gasteiger partial charge in [-0.05, 0) is 25.0 Å². The third-order valence-electron chi connectivity index (χ3n) is 2.50. The summed E-state index contributed by atoms with van der Waals surface area (Å²) >= 11 is 7.60. The van der Waals surface area contributed by atoms with E-state index >= 15 is 0 Å². The minimum Gasteiger partial charge on any atom is -0.265 e. The molecule has 0 saturated heterocycles. The van der Waals surface area contributed by atoms with Crippen molar-refractivity contribution < 1.29 is 0 Å². The summed E-state index contributed by atoms with van der Waals surface area (Å²) in [5.41, 5.74) is 0. The highest BCUT2D eigenvalue weighted by molar-refractivity contribution is 7.99. The first kappa shape index (κ1) is 11.0. The molecule has 3 rings (SSSR count). The molecule has 17 heavy (non-hydrogen) atoms. The minimum absolute atomic E-state index is 0.519. The zero-order valence-corrected chi connectivity index (χ0v) is 10.6. The lowest BCUT2D eigenvalue weighted by molar-refractivity contribution is 0.878. The zero-order chi connectivity index (χ0) is 11.7. The predicted octanol–water partition coefficient (Wildman–Crippen LogP) is 3.55. The molecule has 0 radical (unpaired) electrons. The molecule has 1 aliphatic carbocycles. The third kappa shape index (κ3) is 2.76. The molecule has 0 N–H and O–H groups in total. The monoisotopic (exact) mass is 263 g/mol. The van der Waals surface area contributed by atoms with Crippen molar-refractivity contribution in [3.63, 3.8) is 0 Å². The fourth-order valence-electron chi connectivity index (χ4n) is 1.52. The summed E-state index contributed by atoms with van der Waals surface area (Å²) in [6, 6.07) is 5.72. The van der Waals surface area contributed by atoms with Crippen molar-refractivity contribution in [2.45, 2.75) is 28.7 Å². The Hall–Kier alpha value is -1.13. The number of hydrogen-bond acceptors (Lipinski definition) is 4. The molecule has 0 aliphatic heterocycles. The highest BCUT2D eigenvalue weighted by atomic mass is 35.5. The van der Waals surface area contributed by atoms with E-state index in [1.165, 1.54) is 12.8 Å². The van der Waals surface area contributed by atoms with Gasteiger partial charge in [0.2, 0.25) is 0 Å². The molecular formula is C12H10ClN3S. The largest absolute Gasteiger partial charge is 0.265 e. The van der Waals surface area contributed by atoms with Gasteiger partial charge in [0.05, 0.1) is 0 Å². The van der Waals surface area contributed by atoms with Crippen molar-refractivity contribution >= 4 is 23.4 Å². The molecule has 0 amide bonds. The van der Waals surface area contributed by atoms with Crippen LogP contribution in [0.15, 0.2) is 40.5 Å². The lowest BCUT2D eigenvalue weighted by atomic mass is 10.4. The molecule has 0 atom stereocenters. The summed E-state index contributed by atoms with van der Waals surface area (Å²) in [4.78, 5) is 13.9. The van der Waals surface area contributed by atoms with Crippen LogP contribution < -0.4 is 0 Å². The van der Waals surface area contributed by atoms with Gasteiger partial charge < -0.3 is 0 Å². The molecule has 1 aliphatic rings. The quantitative estimate of drug-likeness (QED) is 0.794. The van der Waals surface area contributed by atoms with Crippen molar-refractivity contribution in [2.24, 2.45) is 0 Å². The van der Waals surface area contributed by atoms with Crippen molar-refractivity contribution in [1.82, 2.24) is 15.0 Å². The number of rotatable bonds is 3. The van der Waals surface area contributed by atoms with Crippen molar-refractivity contribution in [2.75, 3.05) is 0 Å². The maximum absolute atomic E-state index is 6.01.